The van der Waals surface area contributed by atoms with E-state index in [9.17, 15) is 28.2 Å². The summed E-state index contributed by atoms with van der Waals surface area (Å²) in [5.41, 5.74) is 1.21. The van der Waals surface area contributed by atoms with Gasteiger partial charge < -0.3 is 19.8 Å². The fourth-order valence-corrected chi connectivity index (χ4v) is 5.65. The zero-order chi connectivity index (χ0) is 28.0. The lowest BCUT2D eigenvalue weighted by Gasteiger charge is -2.37. The van der Waals surface area contributed by atoms with E-state index in [1.54, 1.807) is 25.4 Å². The zero-order valence-electron chi connectivity index (χ0n) is 22.0. The Hall–Kier alpha value is -3.17. The molecule has 1 aromatic heterocycles. The van der Waals surface area contributed by atoms with Crippen LogP contribution in [0, 0.1) is 11.8 Å². The lowest BCUT2D eigenvalue weighted by Crippen LogP contribution is -2.44. The van der Waals surface area contributed by atoms with Crippen LogP contribution in [0.25, 0.3) is 10.9 Å². The summed E-state index contributed by atoms with van der Waals surface area (Å²) in [5.74, 6) is -0.787. The van der Waals surface area contributed by atoms with Crippen molar-refractivity contribution in [2.24, 2.45) is 11.8 Å². The number of benzene rings is 2. The van der Waals surface area contributed by atoms with Gasteiger partial charge in [0.25, 0.3) is 0 Å². The SMILES string of the molecule is COc1ccc2nccc(C(O)CC[C@@H]3CCN(CCCCc4ccccc4C(F)(F)F)C[C@@H]3C(=O)O)c2c1. The Labute approximate surface area is 226 Å². The number of aliphatic hydroxyl groups excluding tert-OH is 1. The van der Waals surface area contributed by atoms with E-state index in [2.05, 4.69) is 9.88 Å². The van der Waals surface area contributed by atoms with Crippen LogP contribution in [0.3, 0.4) is 0 Å². The fraction of sp³-hybridized carbons (Fsp3) is 0.467. The molecule has 1 unspecified atom stereocenters. The number of aryl methyl sites for hydroxylation is 1. The molecule has 1 saturated heterocycles. The lowest BCUT2D eigenvalue weighted by atomic mass is 9.81. The number of carboxylic acids is 1. The minimum absolute atomic E-state index is 0.0605. The second-order valence-corrected chi connectivity index (χ2v) is 10.3. The number of aromatic nitrogens is 1. The van der Waals surface area contributed by atoms with Crippen LogP contribution in [-0.4, -0.2) is 52.8 Å². The molecule has 0 bridgehead atoms. The van der Waals surface area contributed by atoms with E-state index in [4.69, 9.17) is 4.74 Å². The largest absolute Gasteiger partial charge is 0.497 e. The number of unbranched alkanes of at least 4 members (excludes halogenated alkanes) is 1. The molecule has 2 heterocycles. The Morgan fingerprint density at radius 3 is 2.72 bits per heavy atom. The van der Waals surface area contributed by atoms with Crippen molar-refractivity contribution < 1.29 is 32.9 Å². The maximum absolute atomic E-state index is 13.2. The topological polar surface area (TPSA) is 82.9 Å². The van der Waals surface area contributed by atoms with Gasteiger partial charge in [0.2, 0.25) is 0 Å². The molecule has 0 spiro atoms. The average Bonchev–Trinajstić information content (AvgIpc) is 2.93. The average molecular weight is 545 g/mol. The van der Waals surface area contributed by atoms with Crippen molar-refractivity contribution >= 4 is 16.9 Å². The predicted molar refractivity (Wildman–Crippen MR) is 143 cm³/mol. The summed E-state index contributed by atoms with van der Waals surface area (Å²) < 4.78 is 45.0. The first kappa shape index (κ1) is 28.8. The molecule has 0 radical (unpaired) electrons. The summed E-state index contributed by atoms with van der Waals surface area (Å²) >= 11 is 0. The van der Waals surface area contributed by atoms with Crippen molar-refractivity contribution in [3.63, 3.8) is 0 Å². The van der Waals surface area contributed by atoms with E-state index in [1.165, 1.54) is 12.1 Å². The van der Waals surface area contributed by atoms with Crippen molar-refractivity contribution in [1.29, 1.82) is 0 Å². The molecule has 210 valence electrons. The number of ether oxygens (including phenoxy) is 1. The number of hydrogen-bond donors (Lipinski definition) is 2. The van der Waals surface area contributed by atoms with Crippen molar-refractivity contribution in [1.82, 2.24) is 9.88 Å². The summed E-state index contributed by atoms with van der Waals surface area (Å²) in [5, 5.41) is 21.7. The van der Waals surface area contributed by atoms with Gasteiger partial charge in [-0.25, -0.2) is 0 Å². The molecular formula is C30H35F3N2O4. The van der Waals surface area contributed by atoms with Gasteiger partial charge in [0.05, 0.1) is 30.2 Å². The summed E-state index contributed by atoms with van der Waals surface area (Å²) in [7, 11) is 1.58. The summed E-state index contributed by atoms with van der Waals surface area (Å²) in [6.45, 7) is 1.79. The van der Waals surface area contributed by atoms with E-state index in [1.807, 2.05) is 18.2 Å². The van der Waals surface area contributed by atoms with Crippen LogP contribution in [-0.2, 0) is 17.4 Å². The maximum atomic E-state index is 13.2. The molecule has 3 aromatic rings. The molecule has 39 heavy (non-hydrogen) atoms. The van der Waals surface area contributed by atoms with Crippen LogP contribution in [0.1, 0.15) is 54.9 Å². The van der Waals surface area contributed by atoms with Gasteiger partial charge in [-0.15, -0.1) is 0 Å². The molecule has 1 fully saturated rings. The number of likely N-dealkylation sites (tertiary alicyclic amines) is 1. The molecule has 2 N–H and O–H groups in total. The smallest absolute Gasteiger partial charge is 0.416 e. The highest BCUT2D eigenvalue weighted by Gasteiger charge is 2.35. The molecule has 2 aromatic carbocycles. The van der Waals surface area contributed by atoms with E-state index in [-0.39, 0.29) is 5.92 Å². The van der Waals surface area contributed by atoms with Gasteiger partial charge in [-0.1, -0.05) is 18.2 Å². The lowest BCUT2D eigenvalue weighted by molar-refractivity contribution is -0.146. The fourth-order valence-electron chi connectivity index (χ4n) is 5.65. The first-order valence-electron chi connectivity index (χ1n) is 13.4. The van der Waals surface area contributed by atoms with E-state index < -0.39 is 29.7 Å². The number of carboxylic acid groups (broad SMARTS) is 1. The number of methoxy groups -OCH3 is 1. The third-order valence-corrected chi connectivity index (χ3v) is 7.80. The van der Waals surface area contributed by atoms with Crippen molar-refractivity contribution in [2.45, 2.75) is 50.8 Å². The Morgan fingerprint density at radius 2 is 1.97 bits per heavy atom. The number of piperidine rings is 1. The number of hydrogen-bond acceptors (Lipinski definition) is 5. The van der Waals surface area contributed by atoms with Crippen LogP contribution in [0.5, 0.6) is 5.75 Å². The number of halogens is 3. The molecule has 1 aliphatic rings. The van der Waals surface area contributed by atoms with E-state index in [0.29, 0.717) is 62.9 Å². The number of aliphatic carboxylic acids is 1. The number of carbonyl (C=O) groups is 1. The molecule has 4 rings (SSSR count). The standard InChI is InChI=1S/C30H35F3N2O4/c1-39-22-10-11-27-24(18-22)23(13-15-34-27)28(36)12-9-20-14-17-35(19-25(20)29(37)38)16-5-4-7-21-6-2-3-8-26(21)30(31,32)33/h2-3,6,8,10-11,13,15,18,20,25,28,36H,4-5,7,9,12,14,16-17,19H2,1H3,(H,37,38)/t20-,25+,28?/m1/s1. The number of pyridine rings is 1. The van der Waals surface area contributed by atoms with Crippen molar-refractivity contribution in [3.05, 3.63) is 71.4 Å². The molecule has 3 atom stereocenters. The van der Waals surface area contributed by atoms with E-state index in [0.717, 1.165) is 29.1 Å². The summed E-state index contributed by atoms with van der Waals surface area (Å²) in [4.78, 5) is 18.6. The second-order valence-electron chi connectivity index (χ2n) is 10.3. The first-order chi connectivity index (χ1) is 18.7. The zero-order valence-corrected chi connectivity index (χ0v) is 22.0. The monoisotopic (exact) mass is 544 g/mol. The molecule has 1 aliphatic heterocycles. The number of alkyl halides is 3. The Kier molecular flexibility index (Phi) is 9.45. The highest BCUT2D eigenvalue weighted by atomic mass is 19.4. The number of fused-ring (bicyclic) bond motifs is 1. The highest BCUT2D eigenvalue weighted by molar-refractivity contribution is 5.83. The van der Waals surface area contributed by atoms with Gasteiger partial charge in [-0.3, -0.25) is 9.78 Å². The number of rotatable bonds is 11. The van der Waals surface area contributed by atoms with Crippen molar-refractivity contribution in [2.75, 3.05) is 26.7 Å². The normalized spacial score (nSPS) is 19.2. The summed E-state index contributed by atoms with van der Waals surface area (Å²) in [6.07, 6.45) is -0.117. The Balaban J connectivity index is 1.29. The van der Waals surface area contributed by atoms with Gasteiger partial charge in [0, 0.05) is 18.1 Å². The summed E-state index contributed by atoms with van der Waals surface area (Å²) in [6, 6.07) is 13.0. The quantitative estimate of drug-likeness (QED) is 0.283. The highest BCUT2D eigenvalue weighted by Crippen LogP contribution is 2.35. The Morgan fingerprint density at radius 1 is 1.18 bits per heavy atom. The van der Waals surface area contributed by atoms with Gasteiger partial charge in [0.1, 0.15) is 5.75 Å². The van der Waals surface area contributed by atoms with Gasteiger partial charge in [-0.2, -0.15) is 13.2 Å². The number of nitrogens with zero attached hydrogens (tertiary/aromatic N) is 2. The molecule has 9 heteroatoms. The minimum atomic E-state index is -4.36. The molecular weight excluding hydrogens is 509 g/mol. The second kappa shape index (κ2) is 12.8. The van der Waals surface area contributed by atoms with Crippen LogP contribution < -0.4 is 4.74 Å². The Bertz CT molecular complexity index is 1270. The first-order valence-corrected chi connectivity index (χ1v) is 13.4. The van der Waals surface area contributed by atoms with Gasteiger partial charge in [-0.05, 0) is 99.0 Å². The molecule has 0 aliphatic carbocycles. The van der Waals surface area contributed by atoms with E-state index >= 15 is 0 Å². The molecule has 0 amide bonds. The predicted octanol–water partition coefficient (Wildman–Crippen LogP) is 6.12. The van der Waals surface area contributed by atoms with Crippen LogP contribution in [0.15, 0.2) is 54.7 Å². The van der Waals surface area contributed by atoms with Gasteiger partial charge >= 0.3 is 12.1 Å². The van der Waals surface area contributed by atoms with Crippen molar-refractivity contribution in [3.8, 4) is 5.75 Å². The molecule has 0 saturated carbocycles. The van der Waals surface area contributed by atoms with Crippen LogP contribution >= 0.6 is 0 Å². The van der Waals surface area contributed by atoms with Gasteiger partial charge in [0.15, 0.2) is 0 Å². The third kappa shape index (κ3) is 7.28. The number of aliphatic hydroxyl groups is 1. The van der Waals surface area contributed by atoms with Crippen LogP contribution in [0.2, 0.25) is 0 Å². The maximum Gasteiger partial charge on any atom is 0.416 e. The van der Waals surface area contributed by atoms with Crippen LogP contribution in [0.4, 0.5) is 13.2 Å². The molecule has 6 nitrogen and oxygen atoms in total. The minimum Gasteiger partial charge on any atom is -0.497 e. The third-order valence-electron chi connectivity index (χ3n) is 7.80.